The van der Waals surface area contributed by atoms with E-state index in [2.05, 4.69) is 20.3 Å². The summed E-state index contributed by atoms with van der Waals surface area (Å²) in [6, 6.07) is 0. The highest BCUT2D eigenvalue weighted by Crippen LogP contribution is 2.28. The minimum absolute atomic E-state index is 0.00747. The molecule has 2 aliphatic rings. The van der Waals surface area contributed by atoms with Crippen molar-refractivity contribution in [2.45, 2.75) is 18.9 Å². The second-order valence-corrected chi connectivity index (χ2v) is 6.24. The lowest BCUT2D eigenvalue weighted by Crippen LogP contribution is -2.56. The number of hydrogen-bond acceptors (Lipinski definition) is 7. The number of aryl methyl sites for hydroxylation is 1. The maximum Gasteiger partial charge on any atom is 0.229 e. The van der Waals surface area contributed by atoms with Crippen LogP contribution in [0.3, 0.4) is 0 Å². The van der Waals surface area contributed by atoms with E-state index in [1.807, 2.05) is 9.80 Å². The SMILES string of the molecule is Cn1nnc2c(N3CC(C(=O)N4CCC(O)CC4)C3)ncnc21. The van der Waals surface area contributed by atoms with Gasteiger partial charge in [0.2, 0.25) is 5.91 Å². The van der Waals surface area contributed by atoms with Crippen LogP contribution in [0.4, 0.5) is 5.82 Å². The molecule has 23 heavy (non-hydrogen) atoms. The molecule has 2 fully saturated rings. The summed E-state index contributed by atoms with van der Waals surface area (Å²) in [4.78, 5) is 24.9. The first-order valence-corrected chi connectivity index (χ1v) is 7.85. The maximum atomic E-state index is 12.5. The van der Waals surface area contributed by atoms with E-state index in [4.69, 9.17) is 0 Å². The first-order valence-electron chi connectivity index (χ1n) is 7.85. The molecule has 9 heteroatoms. The van der Waals surface area contributed by atoms with Crippen molar-refractivity contribution in [3.8, 4) is 0 Å². The zero-order valence-electron chi connectivity index (χ0n) is 13.0. The van der Waals surface area contributed by atoms with Gasteiger partial charge < -0.3 is 14.9 Å². The van der Waals surface area contributed by atoms with Crippen LogP contribution >= 0.6 is 0 Å². The summed E-state index contributed by atoms with van der Waals surface area (Å²) in [5, 5.41) is 17.6. The number of hydrogen-bond donors (Lipinski definition) is 1. The van der Waals surface area contributed by atoms with E-state index in [0.29, 0.717) is 50.2 Å². The number of aliphatic hydroxyl groups excluding tert-OH is 1. The molecule has 0 saturated carbocycles. The Morgan fingerprint density at radius 2 is 2.00 bits per heavy atom. The van der Waals surface area contributed by atoms with Gasteiger partial charge in [0, 0.05) is 33.2 Å². The molecule has 2 saturated heterocycles. The monoisotopic (exact) mass is 317 g/mol. The van der Waals surface area contributed by atoms with Crippen molar-refractivity contribution in [3.63, 3.8) is 0 Å². The Bertz CT molecular complexity index is 732. The van der Waals surface area contributed by atoms with Crippen molar-refractivity contribution in [1.82, 2.24) is 29.9 Å². The third kappa shape index (κ3) is 2.40. The normalized spacial score (nSPS) is 20.1. The summed E-state index contributed by atoms with van der Waals surface area (Å²) in [6.07, 6.45) is 2.59. The third-order valence-corrected chi connectivity index (χ3v) is 4.68. The van der Waals surface area contributed by atoms with Gasteiger partial charge in [-0.2, -0.15) is 0 Å². The number of aromatic nitrogens is 5. The molecule has 0 bridgehead atoms. The standard InChI is InChI=1S/C14H19N7O2/c1-19-12-11(17-18-19)13(16-8-15-12)21-6-9(7-21)14(23)20-4-2-10(22)3-5-20/h8-10,22H,2-7H2,1H3. The predicted molar refractivity (Wildman–Crippen MR) is 81.6 cm³/mol. The number of carbonyl (C=O) groups excluding carboxylic acids is 1. The van der Waals surface area contributed by atoms with E-state index in [0.717, 1.165) is 5.82 Å². The number of nitrogens with zero attached hydrogens (tertiary/aromatic N) is 7. The molecule has 2 aliphatic heterocycles. The van der Waals surface area contributed by atoms with Crippen LogP contribution in [0, 0.1) is 5.92 Å². The van der Waals surface area contributed by atoms with E-state index in [-0.39, 0.29) is 17.9 Å². The van der Waals surface area contributed by atoms with E-state index < -0.39 is 0 Å². The summed E-state index contributed by atoms with van der Waals surface area (Å²) < 4.78 is 1.61. The molecule has 0 atom stereocenters. The van der Waals surface area contributed by atoms with Crippen molar-refractivity contribution in [2.75, 3.05) is 31.1 Å². The lowest BCUT2D eigenvalue weighted by molar-refractivity contribution is -0.138. The predicted octanol–water partition coefficient (Wildman–Crippen LogP) is -0.822. The number of carbonyl (C=O) groups is 1. The second-order valence-electron chi connectivity index (χ2n) is 6.24. The number of amides is 1. The molecule has 0 radical (unpaired) electrons. The number of likely N-dealkylation sites (tertiary alicyclic amines) is 1. The van der Waals surface area contributed by atoms with Gasteiger partial charge in [-0.1, -0.05) is 5.21 Å². The van der Waals surface area contributed by atoms with Gasteiger partial charge in [0.1, 0.15) is 6.33 Å². The van der Waals surface area contributed by atoms with Crippen molar-refractivity contribution < 1.29 is 9.90 Å². The van der Waals surface area contributed by atoms with Crippen LogP contribution in [-0.4, -0.2) is 73.2 Å². The molecule has 122 valence electrons. The van der Waals surface area contributed by atoms with E-state index in [1.54, 1.807) is 11.7 Å². The summed E-state index contributed by atoms with van der Waals surface area (Å²) in [5.74, 6) is 0.908. The zero-order chi connectivity index (χ0) is 16.0. The summed E-state index contributed by atoms with van der Waals surface area (Å²) >= 11 is 0. The summed E-state index contributed by atoms with van der Waals surface area (Å²) in [7, 11) is 1.79. The quantitative estimate of drug-likeness (QED) is 0.772. The number of rotatable bonds is 2. The molecule has 4 heterocycles. The molecule has 9 nitrogen and oxygen atoms in total. The Morgan fingerprint density at radius 1 is 1.26 bits per heavy atom. The highest BCUT2D eigenvalue weighted by atomic mass is 16.3. The molecule has 1 N–H and O–H groups in total. The minimum atomic E-state index is -0.261. The van der Waals surface area contributed by atoms with Gasteiger partial charge >= 0.3 is 0 Å². The zero-order valence-corrected chi connectivity index (χ0v) is 13.0. The highest BCUT2D eigenvalue weighted by molar-refractivity contribution is 5.86. The van der Waals surface area contributed by atoms with Crippen LogP contribution in [-0.2, 0) is 11.8 Å². The lowest BCUT2D eigenvalue weighted by Gasteiger charge is -2.42. The van der Waals surface area contributed by atoms with Gasteiger partial charge in [0.15, 0.2) is 17.0 Å². The molecule has 0 spiro atoms. The van der Waals surface area contributed by atoms with Crippen molar-refractivity contribution in [1.29, 1.82) is 0 Å². The Kier molecular flexibility index (Phi) is 3.37. The Morgan fingerprint density at radius 3 is 2.74 bits per heavy atom. The second kappa shape index (κ2) is 5.41. The van der Waals surface area contributed by atoms with Gasteiger partial charge in [-0.15, -0.1) is 5.10 Å². The first-order chi connectivity index (χ1) is 11.1. The molecule has 0 aliphatic carbocycles. The molecule has 2 aromatic heterocycles. The summed E-state index contributed by atoms with van der Waals surface area (Å²) in [6.45, 7) is 2.58. The molecule has 1 amide bonds. The Hall–Kier alpha value is -2.29. The smallest absolute Gasteiger partial charge is 0.229 e. The molecule has 2 aromatic rings. The van der Waals surface area contributed by atoms with Crippen LogP contribution in [0.2, 0.25) is 0 Å². The fraction of sp³-hybridized carbons (Fsp3) is 0.643. The third-order valence-electron chi connectivity index (χ3n) is 4.68. The first kappa shape index (κ1) is 14.3. The van der Waals surface area contributed by atoms with Gasteiger partial charge in [-0.05, 0) is 12.8 Å². The summed E-state index contributed by atoms with van der Waals surface area (Å²) in [5.41, 5.74) is 1.36. The number of aliphatic hydroxyl groups is 1. The average Bonchev–Trinajstić information content (AvgIpc) is 2.89. The van der Waals surface area contributed by atoms with Crippen LogP contribution in [0.25, 0.3) is 11.2 Å². The fourth-order valence-electron chi connectivity index (χ4n) is 3.22. The molecular weight excluding hydrogens is 298 g/mol. The van der Waals surface area contributed by atoms with Crippen molar-refractivity contribution in [2.24, 2.45) is 13.0 Å². The largest absolute Gasteiger partial charge is 0.393 e. The van der Waals surface area contributed by atoms with Gasteiger partial charge in [0.25, 0.3) is 0 Å². The minimum Gasteiger partial charge on any atom is -0.393 e. The van der Waals surface area contributed by atoms with E-state index in [9.17, 15) is 9.90 Å². The van der Waals surface area contributed by atoms with E-state index >= 15 is 0 Å². The van der Waals surface area contributed by atoms with E-state index in [1.165, 1.54) is 6.33 Å². The van der Waals surface area contributed by atoms with Gasteiger partial charge in [-0.3, -0.25) is 4.79 Å². The number of fused-ring (bicyclic) bond motifs is 1. The Labute approximate surface area is 132 Å². The van der Waals surface area contributed by atoms with Crippen molar-refractivity contribution >= 4 is 22.9 Å². The Balaban J connectivity index is 1.43. The maximum absolute atomic E-state index is 12.5. The highest BCUT2D eigenvalue weighted by Gasteiger charge is 2.38. The number of piperidine rings is 1. The number of anilines is 1. The van der Waals surface area contributed by atoms with Crippen LogP contribution < -0.4 is 4.90 Å². The fourth-order valence-corrected chi connectivity index (χ4v) is 3.22. The van der Waals surface area contributed by atoms with Crippen molar-refractivity contribution in [3.05, 3.63) is 6.33 Å². The van der Waals surface area contributed by atoms with Crippen LogP contribution in [0.15, 0.2) is 6.33 Å². The molecule has 0 unspecified atom stereocenters. The molecular formula is C14H19N7O2. The average molecular weight is 317 g/mol. The molecule has 4 rings (SSSR count). The van der Waals surface area contributed by atoms with Crippen LogP contribution in [0.1, 0.15) is 12.8 Å². The molecule has 0 aromatic carbocycles. The van der Waals surface area contributed by atoms with Gasteiger partial charge in [0.05, 0.1) is 12.0 Å². The van der Waals surface area contributed by atoms with Crippen LogP contribution in [0.5, 0.6) is 0 Å². The topological polar surface area (TPSA) is 100 Å². The van der Waals surface area contributed by atoms with Gasteiger partial charge in [-0.25, -0.2) is 14.6 Å². The lowest BCUT2D eigenvalue weighted by atomic mass is 9.96.